The molecule has 2 N–H and O–H groups in total. The van der Waals surface area contributed by atoms with Gasteiger partial charge in [0.15, 0.2) is 5.96 Å². The summed E-state index contributed by atoms with van der Waals surface area (Å²) in [7, 11) is 0. The number of hydrogen-bond donors (Lipinski definition) is 2. The minimum absolute atomic E-state index is 0.0493. The first-order valence-corrected chi connectivity index (χ1v) is 11.2. The Morgan fingerprint density at radius 2 is 2.10 bits per heavy atom. The number of benzene rings is 1. The van der Waals surface area contributed by atoms with Crippen LogP contribution in [0.1, 0.15) is 39.1 Å². The number of carbonyl (C=O) groups is 1. The normalized spacial score (nSPS) is 17.1. The third-order valence-corrected chi connectivity index (χ3v) is 5.36. The number of thiazole rings is 1. The zero-order valence-corrected chi connectivity index (χ0v) is 19.0. The molecule has 0 aliphatic carbocycles. The van der Waals surface area contributed by atoms with E-state index in [4.69, 9.17) is 14.7 Å². The lowest BCUT2D eigenvalue weighted by Gasteiger charge is -2.23. The van der Waals surface area contributed by atoms with E-state index in [1.54, 1.807) is 11.3 Å². The van der Waals surface area contributed by atoms with Crippen LogP contribution in [0.3, 0.4) is 0 Å². The summed E-state index contributed by atoms with van der Waals surface area (Å²) in [5.74, 6) is 0.849. The van der Waals surface area contributed by atoms with Crippen LogP contribution in [0.5, 0.6) is 0 Å². The van der Waals surface area contributed by atoms with E-state index >= 15 is 0 Å². The molecule has 1 aliphatic heterocycles. The second-order valence-electron chi connectivity index (χ2n) is 8.24. The molecule has 0 spiro atoms. The molecule has 0 radical (unpaired) electrons. The first-order chi connectivity index (χ1) is 14.3. The lowest BCUT2D eigenvalue weighted by Crippen LogP contribution is -2.44. The minimum atomic E-state index is -0.495. The number of nitrogens with one attached hydrogen (secondary N) is 2. The number of aromatic nitrogens is 1. The lowest BCUT2D eigenvalue weighted by atomic mass is 10.2. The zero-order chi connectivity index (χ0) is 21.6. The molecule has 1 saturated heterocycles. The Morgan fingerprint density at radius 3 is 2.80 bits per heavy atom. The Balaban J connectivity index is 1.59. The molecule has 2 aromatic rings. The van der Waals surface area contributed by atoms with Crippen molar-refractivity contribution in [3.8, 4) is 11.3 Å². The van der Waals surface area contributed by atoms with Crippen LogP contribution in [0.4, 0.5) is 4.79 Å². The maximum Gasteiger partial charge on any atom is 0.407 e. The van der Waals surface area contributed by atoms with Crippen LogP contribution in [0.25, 0.3) is 11.3 Å². The van der Waals surface area contributed by atoms with Crippen molar-refractivity contribution in [1.29, 1.82) is 0 Å². The molecule has 1 aromatic heterocycles. The Hall–Kier alpha value is -2.61. The van der Waals surface area contributed by atoms with Gasteiger partial charge >= 0.3 is 6.09 Å². The molecule has 8 heteroatoms. The van der Waals surface area contributed by atoms with E-state index in [1.807, 2.05) is 39.0 Å². The number of nitrogens with zero attached hydrogens (tertiary/aromatic N) is 3. The average molecular weight is 430 g/mol. The molecule has 3 rings (SSSR count). The summed E-state index contributed by atoms with van der Waals surface area (Å²) in [5.41, 5.74) is 1.61. The van der Waals surface area contributed by atoms with Crippen LogP contribution in [-0.2, 0) is 11.3 Å². The van der Waals surface area contributed by atoms with Crippen molar-refractivity contribution >= 4 is 23.4 Å². The monoisotopic (exact) mass is 429 g/mol. The van der Waals surface area contributed by atoms with E-state index in [-0.39, 0.29) is 12.1 Å². The van der Waals surface area contributed by atoms with E-state index < -0.39 is 5.60 Å². The van der Waals surface area contributed by atoms with Crippen molar-refractivity contribution in [1.82, 2.24) is 20.5 Å². The van der Waals surface area contributed by atoms with Crippen LogP contribution < -0.4 is 10.6 Å². The predicted molar refractivity (Wildman–Crippen MR) is 122 cm³/mol. The highest BCUT2D eigenvalue weighted by molar-refractivity contribution is 7.09. The molecule has 0 bridgehead atoms. The van der Waals surface area contributed by atoms with Crippen LogP contribution in [0.2, 0.25) is 0 Å². The number of rotatable bonds is 5. The van der Waals surface area contributed by atoms with Crippen molar-refractivity contribution in [2.75, 3.05) is 19.6 Å². The largest absolute Gasteiger partial charge is 0.444 e. The van der Waals surface area contributed by atoms with E-state index in [9.17, 15) is 4.79 Å². The van der Waals surface area contributed by atoms with E-state index in [2.05, 4.69) is 40.0 Å². The maximum atomic E-state index is 12.0. The van der Waals surface area contributed by atoms with Crippen LogP contribution in [-0.4, -0.2) is 53.2 Å². The van der Waals surface area contributed by atoms with Gasteiger partial charge in [0.1, 0.15) is 10.6 Å². The second-order valence-corrected chi connectivity index (χ2v) is 9.18. The van der Waals surface area contributed by atoms with Gasteiger partial charge in [-0.15, -0.1) is 11.3 Å². The summed E-state index contributed by atoms with van der Waals surface area (Å²) >= 11 is 1.62. The zero-order valence-electron chi connectivity index (χ0n) is 18.1. The van der Waals surface area contributed by atoms with Gasteiger partial charge in [-0.25, -0.2) is 14.8 Å². The maximum absolute atomic E-state index is 12.0. The molecule has 1 unspecified atom stereocenters. The third-order valence-electron chi connectivity index (χ3n) is 4.53. The quantitative estimate of drug-likeness (QED) is 0.557. The van der Waals surface area contributed by atoms with Gasteiger partial charge < -0.3 is 20.3 Å². The topological polar surface area (TPSA) is 78.9 Å². The summed E-state index contributed by atoms with van der Waals surface area (Å²) in [4.78, 5) is 23.7. The number of alkyl carbamates (subject to hydrolysis) is 1. The number of aliphatic imine (C=N–C) groups is 1. The number of likely N-dealkylation sites (tertiary alicyclic amines) is 1. The molecule has 30 heavy (non-hydrogen) atoms. The Bertz CT molecular complexity index is 860. The molecule has 1 atom stereocenters. The van der Waals surface area contributed by atoms with Gasteiger partial charge in [0.25, 0.3) is 0 Å². The first kappa shape index (κ1) is 22.1. The van der Waals surface area contributed by atoms with Crippen molar-refractivity contribution in [3.05, 3.63) is 40.7 Å². The highest BCUT2D eigenvalue weighted by atomic mass is 32.1. The van der Waals surface area contributed by atoms with E-state index in [0.29, 0.717) is 13.1 Å². The van der Waals surface area contributed by atoms with Crippen LogP contribution in [0.15, 0.2) is 40.7 Å². The molecular formula is C22H31N5O2S. The fourth-order valence-electron chi connectivity index (χ4n) is 3.24. The Kier molecular flexibility index (Phi) is 7.31. The van der Waals surface area contributed by atoms with E-state index in [1.165, 1.54) is 0 Å². The minimum Gasteiger partial charge on any atom is -0.444 e. The van der Waals surface area contributed by atoms with Crippen molar-refractivity contribution in [3.63, 3.8) is 0 Å². The van der Waals surface area contributed by atoms with Crippen molar-refractivity contribution < 1.29 is 9.53 Å². The van der Waals surface area contributed by atoms with Gasteiger partial charge in [-0.3, -0.25) is 0 Å². The van der Waals surface area contributed by atoms with Gasteiger partial charge in [0.2, 0.25) is 0 Å². The lowest BCUT2D eigenvalue weighted by molar-refractivity contribution is 0.0507. The van der Waals surface area contributed by atoms with Crippen molar-refractivity contribution in [2.24, 2.45) is 4.99 Å². The van der Waals surface area contributed by atoms with Gasteiger partial charge in [-0.2, -0.15) is 0 Å². The summed E-state index contributed by atoms with van der Waals surface area (Å²) in [6, 6.07) is 10.2. The summed E-state index contributed by atoms with van der Waals surface area (Å²) in [6.07, 6.45) is 0.492. The van der Waals surface area contributed by atoms with Crippen LogP contribution in [0, 0.1) is 0 Å². The Morgan fingerprint density at radius 1 is 1.33 bits per heavy atom. The number of ether oxygens (including phenoxy) is 1. The molecule has 1 fully saturated rings. The molecule has 1 amide bonds. The summed E-state index contributed by atoms with van der Waals surface area (Å²) < 4.78 is 5.37. The van der Waals surface area contributed by atoms with Gasteiger partial charge in [-0.1, -0.05) is 30.3 Å². The second kappa shape index (κ2) is 9.93. The molecule has 2 heterocycles. The van der Waals surface area contributed by atoms with Gasteiger partial charge in [0, 0.05) is 30.6 Å². The number of carbonyl (C=O) groups excluding carboxylic acids is 1. The number of amides is 1. The molecular weight excluding hydrogens is 398 g/mol. The molecule has 1 aliphatic rings. The summed E-state index contributed by atoms with van der Waals surface area (Å²) in [5, 5.41) is 9.37. The fourth-order valence-corrected chi connectivity index (χ4v) is 3.96. The SMILES string of the molecule is CCNC(=NCc1nc(-c2ccccc2)cs1)N1CCC(NC(=O)OC(C)(C)C)C1. The average Bonchev–Trinajstić information content (AvgIpc) is 3.34. The highest BCUT2D eigenvalue weighted by Gasteiger charge is 2.27. The van der Waals surface area contributed by atoms with Gasteiger partial charge in [-0.05, 0) is 34.1 Å². The third kappa shape index (κ3) is 6.45. The fraction of sp³-hybridized carbons (Fsp3) is 0.500. The molecule has 1 aromatic carbocycles. The smallest absolute Gasteiger partial charge is 0.407 e. The van der Waals surface area contributed by atoms with Crippen molar-refractivity contribution in [2.45, 2.75) is 52.3 Å². The highest BCUT2D eigenvalue weighted by Crippen LogP contribution is 2.22. The predicted octanol–water partition coefficient (Wildman–Crippen LogP) is 3.87. The molecule has 162 valence electrons. The number of hydrogen-bond acceptors (Lipinski definition) is 5. The van der Waals surface area contributed by atoms with Crippen LogP contribution >= 0.6 is 11.3 Å². The first-order valence-electron chi connectivity index (χ1n) is 10.4. The molecule has 0 saturated carbocycles. The molecule has 7 nitrogen and oxygen atoms in total. The van der Waals surface area contributed by atoms with Gasteiger partial charge in [0.05, 0.1) is 18.3 Å². The Labute approximate surface area is 182 Å². The summed E-state index contributed by atoms with van der Waals surface area (Å²) in [6.45, 7) is 10.5. The van der Waals surface area contributed by atoms with E-state index in [0.717, 1.165) is 41.7 Å². The number of guanidine groups is 1. The standard InChI is InChI=1S/C22H31N5O2S/c1-5-23-20(27-12-11-17(14-27)25-21(28)29-22(2,3)4)24-13-19-26-18(15-30-19)16-9-7-6-8-10-16/h6-10,15,17H,5,11-14H2,1-4H3,(H,23,24)(H,25,28).